The first kappa shape index (κ1) is 15.9. The lowest BCUT2D eigenvalue weighted by molar-refractivity contribution is -0.165. The minimum atomic E-state index is -3.38. The van der Waals surface area contributed by atoms with E-state index in [-0.39, 0.29) is 12.2 Å². The number of ether oxygens (including phenoxy) is 1. The van der Waals surface area contributed by atoms with Gasteiger partial charge >= 0.3 is 11.9 Å². The van der Waals surface area contributed by atoms with Crippen LogP contribution in [0.1, 0.15) is 27.2 Å². The topological polar surface area (TPSA) is 97.7 Å². The number of carboxylic acid groups (broad SMARTS) is 1. The second-order valence-corrected chi connectivity index (χ2v) is 6.97. The Morgan fingerprint density at radius 3 is 2.12 bits per heavy atom. The first-order valence-corrected chi connectivity index (χ1v) is 6.83. The lowest BCUT2D eigenvalue weighted by Crippen LogP contribution is -2.39. The Morgan fingerprint density at radius 1 is 1.35 bits per heavy atom. The number of hydrogen-bond donors (Lipinski definition) is 1. The zero-order valence-corrected chi connectivity index (χ0v) is 11.2. The van der Waals surface area contributed by atoms with Gasteiger partial charge in [-0.05, 0) is 27.2 Å². The van der Waals surface area contributed by atoms with Crippen molar-refractivity contribution in [2.75, 3.05) is 12.9 Å². The molecule has 100 valence electrons. The number of aliphatic carboxylic acids is 1. The summed E-state index contributed by atoms with van der Waals surface area (Å²) in [5.74, 6) is -2.69. The second-order valence-electron chi connectivity index (χ2n) is 4.29. The molecule has 1 atom stereocenters. The average Bonchev–Trinajstić information content (AvgIpc) is 2.24. The summed E-state index contributed by atoms with van der Waals surface area (Å²) >= 11 is 0. The predicted molar refractivity (Wildman–Crippen MR) is 61.3 cm³/mol. The molecule has 0 aromatic heterocycles. The van der Waals surface area contributed by atoms with E-state index < -0.39 is 32.4 Å². The molecule has 1 unspecified atom stereocenters. The average molecular weight is 266 g/mol. The van der Waals surface area contributed by atoms with Crippen molar-refractivity contribution in [3.8, 4) is 0 Å². The Kier molecular flexibility index (Phi) is 5.12. The molecule has 0 rings (SSSR count). The molecule has 0 aliphatic carbocycles. The molecule has 0 heterocycles. The molecule has 0 aliphatic heterocycles. The van der Waals surface area contributed by atoms with Gasteiger partial charge in [-0.3, -0.25) is 9.59 Å². The maximum Gasteiger partial charge on any atom is 0.322 e. The van der Waals surface area contributed by atoms with E-state index >= 15 is 0 Å². The van der Waals surface area contributed by atoms with E-state index in [0.29, 0.717) is 0 Å². The van der Waals surface area contributed by atoms with Gasteiger partial charge in [-0.2, -0.15) is 0 Å². The first-order valence-electron chi connectivity index (χ1n) is 5.11. The van der Waals surface area contributed by atoms with Gasteiger partial charge in [-0.1, -0.05) is 0 Å². The second kappa shape index (κ2) is 5.48. The van der Waals surface area contributed by atoms with E-state index in [4.69, 9.17) is 5.11 Å². The van der Waals surface area contributed by atoms with E-state index in [2.05, 4.69) is 4.74 Å². The van der Waals surface area contributed by atoms with Gasteiger partial charge in [0, 0.05) is 0 Å². The SMILES string of the molecule is COC(=O)C(C)(CCS(=O)(=O)C(C)C)C(=O)O. The molecule has 7 heteroatoms. The van der Waals surface area contributed by atoms with Gasteiger partial charge in [0.15, 0.2) is 15.3 Å². The van der Waals surface area contributed by atoms with E-state index in [1.165, 1.54) is 13.8 Å². The molecular weight excluding hydrogens is 248 g/mol. The van der Waals surface area contributed by atoms with Crippen molar-refractivity contribution >= 4 is 21.8 Å². The summed E-state index contributed by atoms with van der Waals surface area (Å²) in [6, 6.07) is 0. The molecule has 0 saturated heterocycles. The minimum Gasteiger partial charge on any atom is -0.480 e. The molecule has 0 spiro atoms. The third-order valence-corrected chi connectivity index (χ3v) is 4.92. The monoisotopic (exact) mass is 266 g/mol. The van der Waals surface area contributed by atoms with Crippen LogP contribution in [-0.4, -0.2) is 43.6 Å². The summed E-state index contributed by atoms with van der Waals surface area (Å²) in [7, 11) is -2.31. The summed E-state index contributed by atoms with van der Waals surface area (Å²) in [6.45, 7) is 4.17. The molecule has 0 radical (unpaired) electrons. The number of carbonyl (C=O) groups is 2. The Bertz CT molecular complexity index is 397. The van der Waals surface area contributed by atoms with Crippen LogP contribution in [-0.2, 0) is 24.2 Å². The number of carboxylic acids is 1. The number of rotatable bonds is 6. The number of esters is 1. The molecule has 0 fully saturated rings. The van der Waals surface area contributed by atoms with Gasteiger partial charge in [0.1, 0.15) is 0 Å². The first-order chi connectivity index (χ1) is 7.58. The summed E-state index contributed by atoms with van der Waals surface area (Å²) in [6.07, 6.45) is -0.296. The van der Waals surface area contributed by atoms with Crippen molar-refractivity contribution in [3.05, 3.63) is 0 Å². The third-order valence-electron chi connectivity index (χ3n) is 2.71. The highest BCUT2D eigenvalue weighted by atomic mass is 32.2. The van der Waals surface area contributed by atoms with Crippen LogP contribution in [0.5, 0.6) is 0 Å². The van der Waals surface area contributed by atoms with Crippen molar-refractivity contribution in [3.63, 3.8) is 0 Å². The molecular formula is C10H18O6S. The molecule has 0 amide bonds. The largest absolute Gasteiger partial charge is 0.480 e. The van der Waals surface area contributed by atoms with Crippen LogP contribution in [0.3, 0.4) is 0 Å². The third kappa shape index (κ3) is 3.69. The minimum absolute atomic E-state index is 0.296. The van der Waals surface area contributed by atoms with Crippen LogP contribution in [0.4, 0.5) is 0 Å². The lowest BCUT2D eigenvalue weighted by atomic mass is 9.88. The van der Waals surface area contributed by atoms with Crippen molar-refractivity contribution in [2.45, 2.75) is 32.4 Å². The number of carbonyl (C=O) groups excluding carboxylic acids is 1. The molecule has 17 heavy (non-hydrogen) atoms. The molecule has 0 aromatic rings. The Morgan fingerprint density at radius 2 is 1.82 bits per heavy atom. The fraction of sp³-hybridized carbons (Fsp3) is 0.800. The van der Waals surface area contributed by atoms with Crippen LogP contribution in [0.25, 0.3) is 0 Å². The normalized spacial score (nSPS) is 15.4. The van der Waals surface area contributed by atoms with Crippen molar-refractivity contribution in [2.24, 2.45) is 5.41 Å². The predicted octanol–water partition coefficient (Wildman–Crippen LogP) is 0.464. The standard InChI is InChI=1S/C10H18O6S/c1-7(2)17(14,15)6-5-10(3,8(11)12)9(13)16-4/h7H,5-6H2,1-4H3,(H,11,12). The Labute approximate surface area is 101 Å². The molecule has 1 N–H and O–H groups in total. The highest BCUT2D eigenvalue weighted by molar-refractivity contribution is 7.91. The smallest absolute Gasteiger partial charge is 0.322 e. The van der Waals surface area contributed by atoms with Crippen molar-refractivity contribution in [1.29, 1.82) is 0 Å². The Hall–Kier alpha value is -1.11. The molecule has 0 saturated carbocycles. The molecule has 0 aromatic carbocycles. The van der Waals surface area contributed by atoms with Crippen LogP contribution in [0.2, 0.25) is 0 Å². The summed E-state index contributed by atoms with van der Waals surface area (Å²) in [4.78, 5) is 22.4. The van der Waals surface area contributed by atoms with Gasteiger partial charge < -0.3 is 9.84 Å². The van der Waals surface area contributed by atoms with Crippen molar-refractivity contribution in [1.82, 2.24) is 0 Å². The van der Waals surface area contributed by atoms with Gasteiger partial charge in [0.25, 0.3) is 0 Å². The van der Waals surface area contributed by atoms with Crippen LogP contribution in [0, 0.1) is 5.41 Å². The maximum atomic E-state index is 11.6. The quantitative estimate of drug-likeness (QED) is 0.554. The molecule has 6 nitrogen and oxygen atoms in total. The van der Waals surface area contributed by atoms with Gasteiger partial charge in [-0.15, -0.1) is 0 Å². The van der Waals surface area contributed by atoms with E-state index in [0.717, 1.165) is 14.0 Å². The maximum absolute atomic E-state index is 11.6. The molecule has 0 bridgehead atoms. The number of hydrogen-bond acceptors (Lipinski definition) is 5. The van der Waals surface area contributed by atoms with E-state index in [9.17, 15) is 18.0 Å². The number of methoxy groups -OCH3 is 1. The highest BCUT2D eigenvalue weighted by Crippen LogP contribution is 2.25. The fourth-order valence-corrected chi connectivity index (χ4v) is 2.27. The summed E-state index contributed by atoms with van der Waals surface area (Å²) in [5.41, 5.74) is -1.82. The zero-order valence-electron chi connectivity index (χ0n) is 10.4. The van der Waals surface area contributed by atoms with E-state index in [1.54, 1.807) is 0 Å². The summed E-state index contributed by atoms with van der Waals surface area (Å²) < 4.78 is 27.5. The lowest BCUT2D eigenvalue weighted by Gasteiger charge is -2.21. The van der Waals surface area contributed by atoms with E-state index in [1.807, 2.05) is 0 Å². The van der Waals surface area contributed by atoms with Crippen LogP contribution in [0.15, 0.2) is 0 Å². The van der Waals surface area contributed by atoms with Crippen molar-refractivity contribution < 1.29 is 27.9 Å². The van der Waals surface area contributed by atoms with Gasteiger partial charge in [0.05, 0.1) is 18.1 Å². The van der Waals surface area contributed by atoms with Crippen LogP contribution >= 0.6 is 0 Å². The van der Waals surface area contributed by atoms with Gasteiger partial charge in [-0.25, -0.2) is 8.42 Å². The summed E-state index contributed by atoms with van der Waals surface area (Å²) in [5, 5.41) is 8.37. The number of sulfone groups is 1. The zero-order chi connectivity index (χ0) is 13.9. The fourth-order valence-electron chi connectivity index (χ4n) is 1.10. The van der Waals surface area contributed by atoms with Crippen LogP contribution < -0.4 is 0 Å². The Balaban J connectivity index is 4.95. The molecule has 0 aliphatic rings. The highest BCUT2D eigenvalue weighted by Gasteiger charge is 2.43. The van der Waals surface area contributed by atoms with Gasteiger partial charge in [0.2, 0.25) is 0 Å².